The lowest BCUT2D eigenvalue weighted by Gasteiger charge is -2.20. The van der Waals surface area contributed by atoms with E-state index in [1.54, 1.807) is 6.08 Å². The zero-order valence-corrected chi connectivity index (χ0v) is 32.7. The average Bonchev–Trinajstić information content (AvgIpc) is 3.32. The average molecular weight is 774 g/mol. The molecular weight excluding hydrogens is 739 g/mol. The molecule has 0 amide bonds. The van der Waals surface area contributed by atoms with Gasteiger partial charge in [0.05, 0.1) is 28.3 Å². The van der Waals surface area contributed by atoms with Crippen LogP contribution in [0.1, 0.15) is 11.1 Å². The summed E-state index contributed by atoms with van der Waals surface area (Å²) in [5, 5.41) is 9.57. The molecule has 2 heterocycles. The Hall–Kier alpha value is -7.54. The SMILES string of the molecule is N=C1C=Cc2c(-c3ccccc3)nc3cc(-c4cccc(-c5cc(-c6cc(-c7ccccc7)cc(-c7ccccc7)c6)nc(-c6ccccc6)n5)c4)ccc3c2C1=NS. The van der Waals surface area contributed by atoms with Crippen LogP contribution in [0.2, 0.25) is 0 Å². The normalized spacial score (nSPS) is 12.8. The molecule has 7 aromatic carbocycles. The first-order valence-corrected chi connectivity index (χ1v) is 19.8. The van der Waals surface area contributed by atoms with Gasteiger partial charge in [-0.3, -0.25) is 5.41 Å². The minimum Gasteiger partial charge on any atom is -0.299 e. The van der Waals surface area contributed by atoms with E-state index in [2.05, 4.69) is 157 Å². The first-order valence-electron chi connectivity index (χ1n) is 19.4. The molecule has 278 valence electrons. The number of hydrogen-bond donors (Lipinski definition) is 2. The van der Waals surface area contributed by atoms with Crippen molar-refractivity contribution in [1.82, 2.24) is 15.0 Å². The topological polar surface area (TPSA) is 74.9 Å². The summed E-state index contributed by atoms with van der Waals surface area (Å²) in [6.07, 6.45) is 3.73. The highest BCUT2D eigenvalue weighted by Gasteiger charge is 2.24. The number of fused-ring (bicyclic) bond motifs is 3. The molecule has 9 aromatic rings. The second kappa shape index (κ2) is 15.4. The Kier molecular flexibility index (Phi) is 9.37. The van der Waals surface area contributed by atoms with Gasteiger partial charge in [-0.1, -0.05) is 152 Å². The Balaban J connectivity index is 1.12. The van der Waals surface area contributed by atoms with Gasteiger partial charge in [0, 0.05) is 38.8 Å². The maximum Gasteiger partial charge on any atom is 0.160 e. The molecule has 0 radical (unpaired) electrons. The van der Waals surface area contributed by atoms with Crippen molar-refractivity contribution in [2.75, 3.05) is 0 Å². The van der Waals surface area contributed by atoms with Crippen molar-refractivity contribution in [1.29, 1.82) is 5.41 Å². The third-order valence-electron chi connectivity index (χ3n) is 10.8. The lowest BCUT2D eigenvalue weighted by molar-refractivity contribution is 1.18. The summed E-state index contributed by atoms with van der Waals surface area (Å²) >= 11 is 4.30. The van der Waals surface area contributed by atoms with Crippen LogP contribution in [0.15, 0.2) is 199 Å². The molecule has 1 N–H and O–H groups in total. The molecule has 1 aliphatic rings. The highest BCUT2D eigenvalue weighted by molar-refractivity contribution is 7.79. The van der Waals surface area contributed by atoms with E-state index in [4.69, 9.17) is 20.4 Å². The van der Waals surface area contributed by atoms with Crippen LogP contribution in [0.25, 0.3) is 95.5 Å². The van der Waals surface area contributed by atoms with E-state index in [-0.39, 0.29) is 0 Å². The molecule has 0 saturated carbocycles. The number of nitrogens with zero attached hydrogens (tertiary/aromatic N) is 4. The van der Waals surface area contributed by atoms with Crippen molar-refractivity contribution in [2.24, 2.45) is 4.40 Å². The molecule has 0 bridgehead atoms. The predicted octanol–water partition coefficient (Wildman–Crippen LogP) is 13.4. The van der Waals surface area contributed by atoms with E-state index in [9.17, 15) is 0 Å². The molecule has 2 aromatic heterocycles. The smallest absolute Gasteiger partial charge is 0.160 e. The van der Waals surface area contributed by atoms with Gasteiger partial charge in [-0.05, 0) is 94.7 Å². The summed E-state index contributed by atoms with van der Waals surface area (Å²) in [4.78, 5) is 15.7. The molecule has 0 fully saturated rings. The monoisotopic (exact) mass is 773 g/mol. The van der Waals surface area contributed by atoms with Crippen LogP contribution in [0.4, 0.5) is 0 Å². The summed E-state index contributed by atoms with van der Waals surface area (Å²) in [5.41, 5.74) is 16.4. The Bertz CT molecular complexity index is 3050. The number of pyridine rings is 1. The molecule has 0 atom stereocenters. The van der Waals surface area contributed by atoms with Crippen LogP contribution in [0.5, 0.6) is 0 Å². The lowest BCUT2D eigenvalue weighted by atomic mass is 9.87. The number of thiol groups is 1. The fourth-order valence-electron chi connectivity index (χ4n) is 7.86. The summed E-state index contributed by atoms with van der Waals surface area (Å²) in [5.74, 6) is 0.657. The van der Waals surface area contributed by atoms with E-state index < -0.39 is 0 Å². The third-order valence-corrected chi connectivity index (χ3v) is 11.0. The van der Waals surface area contributed by atoms with Crippen LogP contribution >= 0.6 is 12.8 Å². The van der Waals surface area contributed by atoms with E-state index in [1.807, 2.05) is 54.6 Å². The van der Waals surface area contributed by atoms with Crippen molar-refractivity contribution in [3.05, 3.63) is 205 Å². The fraction of sp³-hybridized carbons (Fsp3) is 0. The van der Waals surface area contributed by atoms with Gasteiger partial charge in [0.1, 0.15) is 5.71 Å². The van der Waals surface area contributed by atoms with Gasteiger partial charge in [0.2, 0.25) is 0 Å². The minimum atomic E-state index is 0.318. The van der Waals surface area contributed by atoms with Gasteiger partial charge in [-0.25, -0.2) is 19.3 Å². The lowest BCUT2D eigenvalue weighted by Crippen LogP contribution is -2.18. The molecule has 0 saturated heterocycles. The summed E-state index contributed by atoms with van der Waals surface area (Å²) < 4.78 is 4.27. The third kappa shape index (κ3) is 6.96. The van der Waals surface area contributed by atoms with Gasteiger partial charge in [-0.2, -0.15) is 0 Å². The first kappa shape index (κ1) is 35.8. The molecule has 0 spiro atoms. The molecule has 0 aliphatic heterocycles. The van der Waals surface area contributed by atoms with E-state index >= 15 is 0 Å². The Morgan fingerprint density at radius 3 is 1.54 bits per heavy atom. The van der Waals surface area contributed by atoms with E-state index in [0.29, 0.717) is 17.2 Å². The van der Waals surface area contributed by atoms with Crippen LogP contribution < -0.4 is 0 Å². The highest BCUT2D eigenvalue weighted by atomic mass is 32.1. The molecule has 6 heteroatoms. The van der Waals surface area contributed by atoms with Crippen LogP contribution in [0, 0.1) is 5.41 Å². The standard InChI is InChI=1S/C53H35N5S/c54-46-27-26-45-50(52(46)58-59)44-25-24-39(32-49(44)55-51(45)36-18-9-3-10-19-36)38-22-13-23-40(28-38)47-33-48(57-53(56-47)37-20-11-4-12-21-37)43-30-41(34-14-5-1-6-15-34)29-42(31-43)35-16-7-2-8-17-35/h1-33,54,59H. The minimum absolute atomic E-state index is 0.318. The molecule has 59 heavy (non-hydrogen) atoms. The Labute approximate surface area is 348 Å². The van der Waals surface area contributed by atoms with Gasteiger partial charge >= 0.3 is 0 Å². The molecule has 0 unspecified atom stereocenters. The molecule has 1 aliphatic carbocycles. The zero-order valence-electron chi connectivity index (χ0n) is 31.8. The van der Waals surface area contributed by atoms with Gasteiger partial charge in [0.25, 0.3) is 0 Å². The predicted molar refractivity (Wildman–Crippen MR) is 248 cm³/mol. The molecule has 10 rings (SSSR count). The fourth-order valence-corrected chi connectivity index (χ4v) is 8.07. The second-order valence-electron chi connectivity index (χ2n) is 14.5. The highest BCUT2D eigenvalue weighted by Crippen LogP contribution is 2.38. The largest absolute Gasteiger partial charge is 0.299 e. The summed E-state index contributed by atoms with van der Waals surface area (Å²) in [7, 11) is 0. The van der Waals surface area contributed by atoms with Crippen molar-refractivity contribution in [3.63, 3.8) is 0 Å². The van der Waals surface area contributed by atoms with Crippen molar-refractivity contribution < 1.29 is 0 Å². The number of benzene rings is 7. The van der Waals surface area contributed by atoms with Crippen molar-refractivity contribution >= 4 is 41.2 Å². The van der Waals surface area contributed by atoms with E-state index in [1.165, 1.54) is 0 Å². The maximum atomic E-state index is 8.65. The summed E-state index contributed by atoms with van der Waals surface area (Å²) in [6.45, 7) is 0. The number of allylic oxidation sites excluding steroid dienone is 1. The van der Waals surface area contributed by atoms with Gasteiger partial charge < -0.3 is 0 Å². The van der Waals surface area contributed by atoms with Gasteiger partial charge in [0.15, 0.2) is 5.82 Å². The maximum absolute atomic E-state index is 8.65. The molecule has 5 nitrogen and oxygen atoms in total. The summed E-state index contributed by atoms with van der Waals surface area (Å²) in [6, 6.07) is 64.9. The van der Waals surface area contributed by atoms with Gasteiger partial charge in [-0.15, -0.1) is 0 Å². The number of rotatable bonds is 7. The Morgan fingerprint density at radius 2 is 0.915 bits per heavy atom. The van der Waals surface area contributed by atoms with Crippen LogP contribution in [-0.4, -0.2) is 26.4 Å². The quantitative estimate of drug-likeness (QED) is 0.158. The van der Waals surface area contributed by atoms with Crippen molar-refractivity contribution in [2.45, 2.75) is 0 Å². The Morgan fingerprint density at radius 1 is 0.407 bits per heavy atom. The van der Waals surface area contributed by atoms with E-state index in [0.717, 1.165) is 94.7 Å². The second-order valence-corrected chi connectivity index (χ2v) is 14.7. The number of nitrogens with one attached hydrogen (secondary N) is 1. The first-order chi connectivity index (χ1) is 29.1. The van der Waals surface area contributed by atoms with Crippen LogP contribution in [-0.2, 0) is 0 Å². The molecular formula is C53H35N5S. The van der Waals surface area contributed by atoms with Crippen molar-refractivity contribution in [3.8, 4) is 78.5 Å². The zero-order chi connectivity index (χ0) is 39.7. The number of hydrogen-bond acceptors (Lipinski definition) is 6. The van der Waals surface area contributed by atoms with Crippen LogP contribution in [0.3, 0.4) is 0 Å². The number of aromatic nitrogens is 3.